The van der Waals surface area contributed by atoms with E-state index in [1.165, 1.54) is 54.8 Å². The summed E-state index contributed by atoms with van der Waals surface area (Å²) in [5.41, 5.74) is 14.5. The van der Waals surface area contributed by atoms with Gasteiger partial charge in [0.15, 0.2) is 17.5 Å². The van der Waals surface area contributed by atoms with Crippen molar-refractivity contribution in [1.82, 2.24) is 24.1 Å². The van der Waals surface area contributed by atoms with Gasteiger partial charge in [-0.15, -0.1) is 0 Å². The monoisotopic (exact) mass is 791 g/mol. The lowest BCUT2D eigenvalue weighted by Crippen LogP contribution is -2.00. The second-order valence-corrected chi connectivity index (χ2v) is 15.6. The van der Waals surface area contributed by atoms with Crippen LogP contribution in [0.4, 0.5) is 0 Å². The van der Waals surface area contributed by atoms with Gasteiger partial charge in [-0.3, -0.25) is 0 Å². The van der Waals surface area contributed by atoms with E-state index >= 15 is 0 Å². The van der Waals surface area contributed by atoms with Gasteiger partial charge in [0.2, 0.25) is 0 Å². The molecule has 62 heavy (non-hydrogen) atoms. The summed E-state index contributed by atoms with van der Waals surface area (Å²) in [6.07, 6.45) is 0. The molecule has 0 spiro atoms. The van der Waals surface area contributed by atoms with E-state index in [-0.39, 0.29) is 0 Å². The van der Waals surface area contributed by atoms with Crippen LogP contribution >= 0.6 is 0 Å². The number of hydrogen-bond acceptors (Lipinski definition) is 3. The topological polar surface area (TPSA) is 48.5 Å². The predicted octanol–water partition coefficient (Wildman–Crippen LogP) is 14.4. The molecular weight excluding hydrogens is 755 g/mol. The maximum Gasteiger partial charge on any atom is 0.164 e. The molecule has 0 unspecified atom stereocenters. The van der Waals surface area contributed by atoms with Crippen molar-refractivity contribution in [2.45, 2.75) is 0 Å². The molecule has 9 aromatic carbocycles. The van der Waals surface area contributed by atoms with Crippen LogP contribution in [0.25, 0.3) is 111 Å². The summed E-state index contributed by atoms with van der Waals surface area (Å²) in [5, 5.41) is 4.94. The molecule has 12 rings (SSSR count). The first-order chi connectivity index (χ1) is 30.7. The zero-order valence-electron chi connectivity index (χ0n) is 33.6. The van der Waals surface area contributed by atoms with E-state index < -0.39 is 0 Å². The minimum absolute atomic E-state index is 0.640. The average Bonchev–Trinajstić information content (AvgIpc) is 3.87. The van der Waals surface area contributed by atoms with Crippen LogP contribution in [0.2, 0.25) is 0 Å². The molecule has 0 N–H and O–H groups in total. The molecule has 0 aliphatic heterocycles. The van der Waals surface area contributed by atoms with E-state index in [4.69, 9.17) is 15.0 Å². The highest BCUT2D eigenvalue weighted by Crippen LogP contribution is 2.40. The van der Waals surface area contributed by atoms with Crippen LogP contribution in [0, 0.1) is 0 Å². The Hall–Kier alpha value is -8.41. The maximum atomic E-state index is 4.97. The number of benzene rings is 9. The molecule has 0 fully saturated rings. The number of aromatic nitrogens is 5. The first kappa shape index (κ1) is 35.5. The van der Waals surface area contributed by atoms with Crippen molar-refractivity contribution in [2.75, 3.05) is 0 Å². The standard InChI is InChI=1S/C57H37N5/c1-4-15-40(16-5-1)55-58-56(41-17-6-2-7-18-41)60-57(59-55)42-29-27-39(28-30-42)46-23-14-26-52-54(46)49-22-11-13-25-51(49)61(52)45-34-31-38(32-35-45)43-33-36-48-47-21-10-12-24-50(47)62(53(48)37-43)44-19-8-3-9-20-44/h1-37H. The average molecular weight is 792 g/mol. The summed E-state index contributed by atoms with van der Waals surface area (Å²) < 4.78 is 4.77. The van der Waals surface area contributed by atoms with Gasteiger partial charge in [0, 0.05) is 49.6 Å². The second kappa shape index (κ2) is 14.7. The normalized spacial score (nSPS) is 11.5. The van der Waals surface area contributed by atoms with E-state index in [0.717, 1.165) is 39.1 Å². The van der Waals surface area contributed by atoms with E-state index in [9.17, 15) is 0 Å². The van der Waals surface area contributed by atoms with Gasteiger partial charge in [-0.25, -0.2) is 15.0 Å². The van der Waals surface area contributed by atoms with Gasteiger partial charge in [0.1, 0.15) is 0 Å². The molecule has 0 amide bonds. The molecule has 3 aromatic heterocycles. The molecule has 0 aliphatic rings. The Labute approximate surface area is 358 Å². The lowest BCUT2D eigenvalue weighted by atomic mass is 9.98. The van der Waals surface area contributed by atoms with Gasteiger partial charge >= 0.3 is 0 Å². The van der Waals surface area contributed by atoms with Crippen LogP contribution in [0.5, 0.6) is 0 Å². The number of nitrogens with zero attached hydrogens (tertiary/aromatic N) is 5. The Morgan fingerprint density at radius 3 is 1.34 bits per heavy atom. The molecule has 3 heterocycles. The Bertz CT molecular complexity index is 3530. The fourth-order valence-corrected chi connectivity index (χ4v) is 9.08. The van der Waals surface area contributed by atoms with Crippen molar-refractivity contribution in [3.05, 3.63) is 224 Å². The first-order valence-electron chi connectivity index (χ1n) is 20.9. The van der Waals surface area contributed by atoms with Gasteiger partial charge in [-0.05, 0) is 70.8 Å². The van der Waals surface area contributed by atoms with E-state index in [1.807, 2.05) is 60.7 Å². The van der Waals surface area contributed by atoms with Crippen LogP contribution in [-0.2, 0) is 0 Å². The number of para-hydroxylation sites is 3. The van der Waals surface area contributed by atoms with Crippen LogP contribution in [-0.4, -0.2) is 24.1 Å². The third kappa shape index (κ3) is 5.98. The minimum atomic E-state index is 0.640. The van der Waals surface area contributed by atoms with Crippen molar-refractivity contribution in [3.8, 4) is 67.8 Å². The highest BCUT2D eigenvalue weighted by Gasteiger charge is 2.18. The summed E-state index contributed by atoms with van der Waals surface area (Å²) in [6.45, 7) is 0. The Morgan fingerprint density at radius 1 is 0.258 bits per heavy atom. The molecule has 0 aliphatic carbocycles. The van der Waals surface area contributed by atoms with Gasteiger partial charge in [0.25, 0.3) is 0 Å². The third-order valence-corrected chi connectivity index (χ3v) is 12.0. The molecule has 0 saturated heterocycles. The van der Waals surface area contributed by atoms with E-state index in [0.29, 0.717) is 17.5 Å². The van der Waals surface area contributed by atoms with Gasteiger partial charge in [-0.2, -0.15) is 0 Å². The molecule has 0 saturated carbocycles. The Kier molecular flexibility index (Phi) is 8.42. The zero-order valence-corrected chi connectivity index (χ0v) is 33.6. The summed E-state index contributed by atoms with van der Waals surface area (Å²) in [7, 11) is 0. The maximum absolute atomic E-state index is 4.97. The minimum Gasteiger partial charge on any atom is -0.309 e. The predicted molar refractivity (Wildman–Crippen MR) is 256 cm³/mol. The molecule has 0 bridgehead atoms. The van der Waals surface area contributed by atoms with Gasteiger partial charge in [0.05, 0.1) is 22.1 Å². The van der Waals surface area contributed by atoms with Crippen molar-refractivity contribution in [1.29, 1.82) is 0 Å². The molecule has 5 heteroatoms. The summed E-state index contributed by atoms with van der Waals surface area (Å²) in [6, 6.07) is 79.4. The van der Waals surface area contributed by atoms with Crippen LogP contribution in [0.1, 0.15) is 0 Å². The first-order valence-corrected chi connectivity index (χ1v) is 20.9. The summed E-state index contributed by atoms with van der Waals surface area (Å²) in [4.78, 5) is 14.8. The van der Waals surface area contributed by atoms with Gasteiger partial charge in [-0.1, -0.05) is 176 Å². The smallest absolute Gasteiger partial charge is 0.164 e. The molecular formula is C57H37N5. The number of hydrogen-bond donors (Lipinski definition) is 0. The van der Waals surface area contributed by atoms with Crippen molar-refractivity contribution in [3.63, 3.8) is 0 Å². The zero-order chi connectivity index (χ0) is 41.0. The quantitative estimate of drug-likeness (QED) is 0.162. The highest BCUT2D eigenvalue weighted by molar-refractivity contribution is 6.16. The van der Waals surface area contributed by atoms with E-state index in [1.54, 1.807) is 0 Å². The Morgan fingerprint density at radius 2 is 0.694 bits per heavy atom. The largest absolute Gasteiger partial charge is 0.309 e. The SMILES string of the molecule is c1ccc(-c2nc(-c3ccccc3)nc(-c3ccc(-c4cccc5c4c4ccccc4n5-c4ccc(-c5ccc6c7ccccc7n(-c7ccccc7)c6c5)cc4)cc3)n2)cc1. The molecule has 12 aromatic rings. The lowest BCUT2D eigenvalue weighted by molar-refractivity contribution is 1.07. The van der Waals surface area contributed by atoms with Gasteiger partial charge < -0.3 is 9.13 Å². The summed E-state index contributed by atoms with van der Waals surface area (Å²) in [5.74, 6) is 1.94. The number of fused-ring (bicyclic) bond motifs is 6. The number of rotatable bonds is 7. The van der Waals surface area contributed by atoms with Crippen molar-refractivity contribution in [2.24, 2.45) is 0 Å². The highest BCUT2D eigenvalue weighted by atomic mass is 15.0. The fraction of sp³-hybridized carbons (Fsp3) is 0. The third-order valence-electron chi connectivity index (χ3n) is 12.0. The summed E-state index contributed by atoms with van der Waals surface area (Å²) >= 11 is 0. The van der Waals surface area contributed by atoms with Crippen molar-refractivity contribution < 1.29 is 0 Å². The van der Waals surface area contributed by atoms with Crippen LogP contribution < -0.4 is 0 Å². The fourth-order valence-electron chi connectivity index (χ4n) is 9.08. The molecule has 290 valence electrons. The molecule has 5 nitrogen and oxygen atoms in total. The Balaban J connectivity index is 0.926. The lowest BCUT2D eigenvalue weighted by Gasteiger charge is -2.11. The van der Waals surface area contributed by atoms with Crippen molar-refractivity contribution >= 4 is 43.6 Å². The second-order valence-electron chi connectivity index (χ2n) is 15.6. The van der Waals surface area contributed by atoms with Crippen LogP contribution in [0.3, 0.4) is 0 Å². The molecule has 0 atom stereocenters. The van der Waals surface area contributed by atoms with E-state index in [2.05, 4.69) is 173 Å². The molecule has 0 radical (unpaired) electrons. The van der Waals surface area contributed by atoms with Crippen LogP contribution in [0.15, 0.2) is 224 Å².